The molecule has 0 aliphatic rings. The second-order valence-electron chi connectivity index (χ2n) is 4.33. The van der Waals surface area contributed by atoms with E-state index in [0.717, 1.165) is 11.3 Å². The van der Waals surface area contributed by atoms with Crippen molar-refractivity contribution in [3.8, 4) is 17.1 Å². The Morgan fingerprint density at radius 2 is 1.95 bits per heavy atom. The number of carbonyl (C=O) groups is 1. The van der Waals surface area contributed by atoms with Gasteiger partial charge in [0.1, 0.15) is 17.3 Å². The van der Waals surface area contributed by atoms with E-state index in [-0.39, 0.29) is 6.10 Å². The first-order chi connectivity index (χ1) is 9.10. The summed E-state index contributed by atoms with van der Waals surface area (Å²) in [7, 11) is 1.33. The first kappa shape index (κ1) is 13.1. The van der Waals surface area contributed by atoms with Crippen molar-refractivity contribution in [2.45, 2.75) is 20.0 Å². The van der Waals surface area contributed by atoms with Crippen LogP contribution in [-0.2, 0) is 4.74 Å². The van der Waals surface area contributed by atoms with Crippen LogP contribution in [0.2, 0.25) is 0 Å². The molecular formula is C14H16N2O3. The number of aromatic amines is 1. The Morgan fingerprint density at radius 1 is 1.26 bits per heavy atom. The molecular weight excluding hydrogens is 244 g/mol. The Balaban J connectivity index is 2.18. The molecule has 100 valence electrons. The SMILES string of the molecule is COC(=O)c1cnc(-c2ccc(OC(C)C)cc2)[nH]1. The van der Waals surface area contributed by atoms with Gasteiger partial charge in [-0.1, -0.05) is 0 Å². The highest BCUT2D eigenvalue weighted by atomic mass is 16.5. The van der Waals surface area contributed by atoms with Crippen molar-refractivity contribution in [1.29, 1.82) is 0 Å². The molecule has 0 bridgehead atoms. The molecule has 0 aliphatic heterocycles. The summed E-state index contributed by atoms with van der Waals surface area (Å²) >= 11 is 0. The highest BCUT2D eigenvalue weighted by Gasteiger charge is 2.10. The number of hydrogen-bond donors (Lipinski definition) is 1. The molecule has 0 radical (unpaired) electrons. The Kier molecular flexibility index (Phi) is 3.85. The van der Waals surface area contributed by atoms with E-state index in [1.165, 1.54) is 13.3 Å². The van der Waals surface area contributed by atoms with Crippen molar-refractivity contribution in [1.82, 2.24) is 9.97 Å². The minimum Gasteiger partial charge on any atom is -0.491 e. The van der Waals surface area contributed by atoms with Crippen molar-refractivity contribution >= 4 is 5.97 Å². The summed E-state index contributed by atoms with van der Waals surface area (Å²) in [4.78, 5) is 18.4. The monoisotopic (exact) mass is 260 g/mol. The summed E-state index contributed by atoms with van der Waals surface area (Å²) < 4.78 is 10.2. The molecule has 0 spiro atoms. The molecule has 5 heteroatoms. The van der Waals surface area contributed by atoms with Crippen molar-refractivity contribution in [3.05, 3.63) is 36.2 Å². The number of ether oxygens (including phenoxy) is 2. The number of hydrogen-bond acceptors (Lipinski definition) is 4. The second-order valence-corrected chi connectivity index (χ2v) is 4.33. The highest BCUT2D eigenvalue weighted by Crippen LogP contribution is 2.20. The number of methoxy groups -OCH3 is 1. The van der Waals surface area contributed by atoms with Crippen LogP contribution < -0.4 is 4.74 Å². The number of nitrogens with zero attached hydrogens (tertiary/aromatic N) is 1. The molecule has 0 atom stereocenters. The van der Waals surface area contributed by atoms with Gasteiger partial charge in [0.25, 0.3) is 0 Å². The van der Waals surface area contributed by atoms with Crippen LogP contribution in [0.5, 0.6) is 5.75 Å². The third-order valence-electron chi connectivity index (χ3n) is 2.48. The predicted octanol–water partition coefficient (Wildman–Crippen LogP) is 2.65. The van der Waals surface area contributed by atoms with E-state index in [9.17, 15) is 4.79 Å². The molecule has 0 unspecified atom stereocenters. The van der Waals surface area contributed by atoms with Crippen LogP contribution in [0.3, 0.4) is 0 Å². The summed E-state index contributed by atoms with van der Waals surface area (Å²) in [6.07, 6.45) is 1.60. The van der Waals surface area contributed by atoms with Gasteiger partial charge in [0.15, 0.2) is 0 Å². The zero-order valence-corrected chi connectivity index (χ0v) is 11.1. The fraction of sp³-hybridized carbons (Fsp3) is 0.286. The van der Waals surface area contributed by atoms with Gasteiger partial charge in [0.05, 0.1) is 19.4 Å². The maximum atomic E-state index is 11.3. The van der Waals surface area contributed by atoms with Crippen molar-refractivity contribution < 1.29 is 14.3 Å². The third-order valence-corrected chi connectivity index (χ3v) is 2.48. The standard InChI is InChI=1S/C14H16N2O3/c1-9(2)19-11-6-4-10(5-7-11)13-15-8-12(16-13)14(17)18-3/h4-9H,1-3H3,(H,15,16). The molecule has 0 fully saturated rings. The van der Waals surface area contributed by atoms with Crippen LogP contribution in [0.25, 0.3) is 11.4 Å². The molecule has 0 saturated heterocycles. The third kappa shape index (κ3) is 3.13. The Labute approximate surface area is 111 Å². The molecule has 0 aliphatic carbocycles. The van der Waals surface area contributed by atoms with E-state index in [1.807, 2.05) is 38.1 Å². The number of imidazole rings is 1. The van der Waals surface area contributed by atoms with Crippen molar-refractivity contribution in [2.24, 2.45) is 0 Å². The van der Waals surface area contributed by atoms with Gasteiger partial charge in [0.2, 0.25) is 0 Å². The average molecular weight is 260 g/mol. The molecule has 2 aromatic rings. The first-order valence-corrected chi connectivity index (χ1v) is 6.00. The van der Waals surface area contributed by atoms with E-state index < -0.39 is 5.97 Å². The largest absolute Gasteiger partial charge is 0.491 e. The highest BCUT2D eigenvalue weighted by molar-refractivity contribution is 5.87. The molecule has 0 amide bonds. The van der Waals surface area contributed by atoms with Gasteiger partial charge < -0.3 is 14.5 Å². The zero-order valence-electron chi connectivity index (χ0n) is 11.1. The van der Waals surface area contributed by atoms with E-state index in [2.05, 4.69) is 14.7 Å². The summed E-state index contributed by atoms with van der Waals surface area (Å²) in [5, 5.41) is 0. The lowest BCUT2D eigenvalue weighted by molar-refractivity contribution is 0.0595. The number of H-pyrrole nitrogens is 1. The van der Waals surface area contributed by atoms with Crippen LogP contribution in [0, 0.1) is 0 Å². The molecule has 1 aromatic carbocycles. The van der Waals surface area contributed by atoms with Gasteiger partial charge in [-0.2, -0.15) is 0 Å². The molecule has 1 N–H and O–H groups in total. The molecule has 0 saturated carbocycles. The maximum Gasteiger partial charge on any atom is 0.356 e. The number of esters is 1. The zero-order chi connectivity index (χ0) is 13.8. The fourth-order valence-electron chi connectivity index (χ4n) is 1.65. The molecule has 5 nitrogen and oxygen atoms in total. The second kappa shape index (κ2) is 5.56. The van der Waals surface area contributed by atoms with E-state index in [4.69, 9.17) is 4.74 Å². The van der Waals surface area contributed by atoms with E-state index in [0.29, 0.717) is 11.5 Å². The summed E-state index contributed by atoms with van der Waals surface area (Å²) in [5.74, 6) is 0.994. The number of carbonyl (C=O) groups excluding carboxylic acids is 1. The quantitative estimate of drug-likeness (QED) is 0.858. The van der Waals surface area contributed by atoms with Crippen LogP contribution in [-0.4, -0.2) is 29.2 Å². The average Bonchev–Trinajstić information content (AvgIpc) is 2.87. The van der Waals surface area contributed by atoms with E-state index in [1.54, 1.807) is 0 Å². The normalized spacial score (nSPS) is 10.5. The van der Waals surface area contributed by atoms with Gasteiger partial charge in [0, 0.05) is 5.56 Å². The molecule has 1 heterocycles. The lowest BCUT2D eigenvalue weighted by Crippen LogP contribution is -2.05. The molecule has 19 heavy (non-hydrogen) atoms. The summed E-state index contributed by atoms with van der Waals surface area (Å²) in [6, 6.07) is 7.51. The van der Waals surface area contributed by atoms with E-state index >= 15 is 0 Å². The van der Waals surface area contributed by atoms with Crippen molar-refractivity contribution in [2.75, 3.05) is 7.11 Å². The Hall–Kier alpha value is -2.30. The summed E-state index contributed by atoms with van der Waals surface area (Å²) in [6.45, 7) is 3.95. The fourth-order valence-corrected chi connectivity index (χ4v) is 1.65. The molecule has 2 rings (SSSR count). The van der Waals surface area contributed by atoms with Crippen LogP contribution in [0.1, 0.15) is 24.3 Å². The number of benzene rings is 1. The Morgan fingerprint density at radius 3 is 2.53 bits per heavy atom. The van der Waals surface area contributed by atoms with Gasteiger partial charge >= 0.3 is 5.97 Å². The van der Waals surface area contributed by atoms with Crippen LogP contribution in [0.4, 0.5) is 0 Å². The number of rotatable bonds is 4. The number of nitrogens with one attached hydrogen (secondary N) is 1. The minimum absolute atomic E-state index is 0.139. The first-order valence-electron chi connectivity index (χ1n) is 6.00. The minimum atomic E-state index is -0.432. The van der Waals surface area contributed by atoms with Crippen LogP contribution in [0.15, 0.2) is 30.5 Å². The number of aromatic nitrogens is 2. The van der Waals surface area contributed by atoms with Crippen LogP contribution >= 0.6 is 0 Å². The lowest BCUT2D eigenvalue weighted by Gasteiger charge is -2.09. The van der Waals surface area contributed by atoms with Gasteiger partial charge in [-0.25, -0.2) is 9.78 Å². The van der Waals surface area contributed by atoms with Gasteiger partial charge in [-0.15, -0.1) is 0 Å². The summed E-state index contributed by atoms with van der Waals surface area (Å²) in [5.41, 5.74) is 1.21. The molecule has 1 aromatic heterocycles. The predicted molar refractivity (Wildman–Crippen MR) is 71.1 cm³/mol. The van der Waals surface area contributed by atoms with Crippen molar-refractivity contribution in [3.63, 3.8) is 0 Å². The topological polar surface area (TPSA) is 64.2 Å². The maximum absolute atomic E-state index is 11.3. The Bertz CT molecular complexity index is 558. The smallest absolute Gasteiger partial charge is 0.356 e. The lowest BCUT2D eigenvalue weighted by atomic mass is 10.2. The van der Waals surface area contributed by atoms with Gasteiger partial charge in [-0.3, -0.25) is 0 Å². The van der Waals surface area contributed by atoms with Gasteiger partial charge in [-0.05, 0) is 38.1 Å².